The molecule has 0 rings (SSSR count). The molecule has 0 spiro atoms. The molecule has 0 radical (unpaired) electrons. The van der Waals surface area contributed by atoms with Gasteiger partial charge in [0.05, 0.1) is 6.54 Å². The highest BCUT2D eigenvalue weighted by Crippen LogP contribution is 1.67. The maximum Gasteiger partial charge on any atom is 0.237 e. The van der Waals surface area contributed by atoms with Crippen LogP contribution in [0.5, 0.6) is 0 Å². The minimum atomic E-state index is -0.341. The van der Waals surface area contributed by atoms with Gasteiger partial charge in [0.25, 0.3) is 0 Å². The van der Waals surface area contributed by atoms with Gasteiger partial charge in [-0.05, 0) is 0 Å². The number of hydrazine groups is 1. The fourth-order valence-corrected chi connectivity index (χ4v) is 0.371. The first kappa shape index (κ1) is 8.35. The van der Waals surface area contributed by atoms with Crippen LogP contribution >= 0.6 is 0 Å². The van der Waals surface area contributed by atoms with Crippen LogP contribution in [-0.4, -0.2) is 36.3 Å². The van der Waals surface area contributed by atoms with Gasteiger partial charge in [0.1, 0.15) is 6.73 Å². The fraction of sp³-hybridized carbons (Fsp3) is 0.750. The van der Waals surface area contributed by atoms with E-state index >= 15 is 0 Å². The predicted molar refractivity (Wildman–Crippen MR) is 32.0 cm³/mol. The van der Waals surface area contributed by atoms with E-state index in [0.29, 0.717) is 0 Å². The second-order valence-electron chi connectivity index (χ2n) is 1.67. The van der Waals surface area contributed by atoms with Gasteiger partial charge >= 0.3 is 0 Å². The minimum Gasteiger partial charge on any atom is -0.377 e. The summed E-state index contributed by atoms with van der Waals surface area (Å²) in [6.45, 7) is -0.243. The molecule has 0 fully saturated rings. The average Bonchev–Trinajstić information content (AvgIpc) is 1.63. The number of aliphatic hydroxyl groups excluding tert-OH is 1. The van der Waals surface area contributed by atoms with Gasteiger partial charge < -0.3 is 10.4 Å². The molecule has 0 aliphatic heterocycles. The molecular formula is C4H11N3O2. The van der Waals surface area contributed by atoms with Crippen molar-refractivity contribution in [2.75, 3.05) is 20.3 Å². The third-order valence-electron chi connectivity index (χ3n) is 0.669. The zero-order valence-corrected chi connectivity index (χ0v) is 5.29. The van der Waals surface area contributed by atoms with E-state index in [4.69, 9.17) is 10.9 Å². The van der Waals surface area contributed by atoms with Crippen molar-refractivity contribution in [3.05, 3.63) is 0 Å². The molecule has 5 heteroatoms. The molecule has 54 valence electrons. The third-order valence-corrected chi connectivity index (χ3v) is 0.669. The van der Waals surface area contributed by atoms with Crippen LogP contribution in [-0.2, 0) is 4.79 Å². The first-order valence-corrected chi connectivity index (χ1v) is 2.50. The van der Waals surface area contributed by atoms with Gasteiger partial charge in [-0.25, -0.2) is 5.01 Å². The van der Waals surface area contributed by atoms with E-state index in [0.717, 1.165) is 0 Å². The summed E-state index contributed by atoms with van der Waals surface area (Å²) in [7, 11) is 1.57. The summed E-state index contributed by atoms with van der Waals surface area (Å²) < 4.78 is 0. The number of nitrogens with zero attached hydrogens (tertiary/aromatic N) is 1. The van der Waals surface area contributed by atoms with Gasteiger partial charge in [0.2, 0.25) is 5.91 Å². The number of aliphatic hydroxyl groups is 1. The molecule has 0 aromatic heterocycles. The highest BCUT2D eigenvalue weighted by Gasteiger charge is 1.99. The third kappa shape index (κ3) is 5.22. The largest absolute Gasteiger partial charge is 0.377 e. The SMILES string of the molecule is CN(N)CC(=O)NCO. The van der Waals surface area contributed by atoms with Crippen LogP contribution in [0.1, 0.15) is 0 Å². The molecule has 0 aromatic rings. The van der Waals surface area contributed by atoms with Crippen LogP contribution in [0.4, 0.5) is 0 Å². The zero-order valence-electron chi connectivity index (χ0n) is 5.29. The Balaban J connectivity index is 3.27. The number of hydrogen-bond acceptors (Lipinski definition) is 4. The lowest BCUT2D eigenvalue weighted by Gasteiger charge is -2.07. The van der Waals surface area contributed by atoms with Gasteiger partial charge in [0.15, 0.2) is 0 Å². The number of carbonyl (C=O) groups excluding carboxylic acids is 1. The van der Waals surface area contributed by atoms with Crippen LogP contribution in [0, 0.1) is 0 Å². The summed E-state index contributed by atoms with van der Waals surface area (Å²) in [5.41, 5.74) is 0. The minimum absolute atomic E-state index is 0.0978. The summed E-state index contributed by atoms with van der Waals surface area (Å²) in [5.74, 6) is 4.83. The quantitative estimate of drug-likeness (QED) is 0.233. The standard InChI is InChI=1S/C4H11N3O2/c1-7(5)2-4(9)6-3-8/h8H,2-3,5H2,1H3,(H,6,9). The van der Waals surface area contributed by atoms with Crippen molar-refractivity contribution in [1.29, 1.82) is 0 Å². The van der Waals surface area contributed by atoms with Crippen molar-refractivity contribution < 1.29 is 9.90 Å². The normalized spacial score (nSPS) is 9.78. The van der Waals surface area contributed by atoms with Gasteiger partial charge in [-0.1, -0.05) is 0 Å². The lowest BCUT2D eigenvalue weighted by Crippen LogP contribution is -2.38. The summed E-state index contributed by atoms with van der Waals surface area (Å²) in [6, 6.07) is 0. The van der Waals surface area contributed by atoms with E-state index < -0.39 is 0 Å². The highest BCUT2D eigenvalue weighted by molar-refractivity contribution is 5.77. The van der Waals surface area contributed by atoms with Crippen LogP contribution < -0.4 is 11.2 Å². The van der Waals surface area contributed by atoms with E-state index in [1.165, 1.54) is 5.01 Å². The monoisotopic (exact) mass is 133 g/mol. The van der Waals surface area contributed by atoms with E-state index in [-0.39, 0.29) is 19.2 Å². The lowest BCUT2D eigenvalue weighted by molar-refractivity contribution is -0.123. The topological polar surface area (TPSA) is 78.6 Å². The number of amides is 1. The van der Waals surface area contributed by atoms with Gasteiger partial charge in [0, 0.05) is 7.05 Å². The smallest absolute Gasteiger partial charge is 0.237 e. The summed E-state index contributed by atoms with van der Waals surface area (Å²) >= 11 is 0. The molecule has 0 saturated carbocycles. The summed E-state index contributed by atoms with van der Waals surface area (Å²) in [4.78, 5) is 10.5. The Morgan fingerprint density at radius 2 is 2.44 bits per heavy atom. The Hall–Kier alpha value is -0.650. The van der Waals surface area contributed by atoms with Crippen LogP contribution in [0.3, 0.4) is 0 Å². The van der Waals surface area contributed by atoms with Crippen molar-refractivity contribution in [3.8, 4) is 0 Å². The van der Waals surface area contributed by atoms with E-state index in [1.807, 2.05) is 0 Å². The van der Waals surface area contributed by atoms with Crippen LogP contribution in [0.15, 0.2) is 0 Å². The fourth-order valence-electron chi connectivity index (χ4n) is 0.371. The van der Waals surface area contributed by atoms with Crippen molar-refractivity contribution in [2.45, 2.75) is 0 Å². The maximum absolute atomic E-state index is 10.5. The lowest BCUT2D eigenvalue weighted by atomic mass is 10.6. The van der Waals surface area contributed by atoms with Gasteiger partial charge in [-0.3, -0.25) is 10.6 Å². The number of carbonyl (C=O) groups is 1. The number of rotatable bonds is 3. The Bertz CT molecular complexity index is 93.8. The van der Waals surface area contributed by atoms with Crippen molar-refractivity contribution >= 4 is 5.91 Å². The molecule has 5 nitrogen and oxygen atoms in total. The molecule has 0 saturated heterocycles. The zero-order chi connectivity index (χ0) is 7.28. The molecule has 0 atom stereocenters. The Morgan fingerprint density at radius 3 is 2.78 bits per heavy atom. The first-order chi connectivity index (χ1) is 4.16. The molecular weight excluding hydrogens is 122 g/mol. The van der Waals surface area contributed by atoms with Crippen molar-refractivity contribution in [2.24, 2.45) is 5.84 Å². The molecule has 0 aromatic carbocycles. The average molecular weight is 133 g/mol. The van der Waals surface area contributed by atoms with Crippen molar-refractivity contribution in [3.63, 3.8) is 0 Å². The Kier molecular flexibility index (Phi) is 3.94. The van der Waals surface area contributed by atoms with E-state index in [1.54, 1.807) is 7.05 Å². The number of nitrogens with one attached hydrogen (secondary N) is 1. The number of nitrogens with two attached hydrogens (primary N) is 1. The van der Waals surface area contributed by atoms with Crippen LogP contribution in [0.25, 0.3) is 0 Å². The molecule has 0 unspecified atom stereocenters. The van der Waals surface area contributed by atoms with Crippen molar-refractivity contribution in [1.82, 2.24) is 10.3 Å². The Labute approximate surface area is 53.4 Å². The van der Waals surface area contributed by atoms with Crippen LogP contribution in [0.2, 0.25) is 0 Å². The molecule has 0 heterocycles. The highest BCUT2D eigenvalue weighted by atomic mass is 16.3. The summed E-state index contributed by atoms with van der Waals surface area (Å²) in [6.07, 6.45) is 0. The second kappa shape index (κ2) is 4.25. The molecule has 4 N–H and O–H groups in total. The number of hydrogen-bond donors (Lipinski definition) is 3. The molecule has 9 heavy (non-hydrogen) atoms. The maximum atomic E-state index is 10.5. The number of likely N-dealkylation sites (N-methyl/N-ethyl adjacent to an activating group) is 1. The second-order valence-corrected chi connectivity index (χ2v) is 1.67. The molecule has 0 aliphatic rings. The van der Waals surface area contributed by atoms with E-state index in [9.17, 15) is 4.79 Å². The molecule has 0 aliphatic carbocycles. The van der Waals surface area contributed by atoms with E-state index in [2.05, 4.69) is 5.32 Å². The first-order valence-electron chi connectivity index (χ1n) is 2.50. The Morgan fingerprint density at radius 1 is 1.89 bits per heavy atom. The van der Waals surface area contributed by atoms with Gasteiger partial charge in [-0.15, -0.1) is 0 Å². The molecule has 1 amide bonds. The predicted octanol–water partition coefficient (Wildman–Crippen LogP) is -2.14. The molecule has 0 bridgehead atoms. The summed E-state index contributed by atoms with van der Waals surface area (Å²) in [5, 5.41) is 11.6. The van der Waals surface area contributed by atoms with Gasteiger partial charge in [-0.2, -0.15) is 0 Å².